The summed E-state index contributed by atoms with van der Waals surface area (Å²) in [6.07, 6.45) is 9.04. The highest BCUT2D eigenvalue weighted by Crippen LogP contribution is 2.35. The average Bonchev–Trinajstić information content (AvgIpc) is 3.39. The van der Waals surface area contributed by atoms with Crippen molar-refractivity contribution in [1.29, 1.82) is 0 Å². The van der Waals surface area contributed by atoms with Crippen molar-refractivity contribution < 1.29 is 13.6 Å². The Hall–Kier alpha value is -3.20. The molecule has 4 aromatic heterocycles. The van der Waals surface area contributed by atoms with Gasteiger partial charge in [-0.25, -0.2) is 9.50 Å². The maximum Gasteiger partial charge on any atom is 0.228 e. The molecule has 0 spiro atoms. The first kappa shape index (κ1) is 14.7. The number of ether oxygens (including phenoxy) is 2. The van der Waals surface area contributed by atoms with Gasteiger partial charge in [-0.3, -0.25) is 0 Å². The van der Waals surface area contributed by atoms with Crippen LogP contribution in [0.5, 0.6) is 5.88 Å². The molecule has 150 valence electrons. The predicted molar refractivity (Wildman–Crippen MR) is 109 cm³/mol. The van der Waals surface area contributed by atoms with Gasteiger partial charge in [0.2, 0.25) is 11.8 Å². The third-order valence-corrected chi connectivity index (χ3v) is 5.53. The summed E-state index contributed by atoms with van der Waals surface area (Å²) in [5.74, 6) is 0.333. The standard InChI is InChI=1S/C20H23N7O2/c1-28-14-5-3-13(4-6-14)24-20-25-18-17(19(26-20)29-2)15(10-21-18)12-7-8-27-16(9-12)22-11-23-27/h7-11,13-14H,3-6H2,1-2H3,(H2,21,24,25,26)/i2D3. The second kappa shape index (κ2) is 7.32. The molecular weight excluding hydrogens is 370 g/mol. The van der Waals surface area contributed by atoms with E-state index in [-0.39, 0.29) is 18.0 Å². The molecule has 1 aliphatic carbocycles. The fourth-order valence-corrected chi connectivity index (χ4v) is 3.97. The van der Waals surface area contributed by atoms with Gasteiger partial charge in [-0.15, -0.1) is 0 Å². The van der Waals surface area contributed by atoms with Crippen LogP contribution < -0.4 is 10.1 Å². The number of pyridine rings is 1. The highest BCUT2D eigenvalue weighted by molar-refractivity contribution is 5.98. The topological polar surface area (TPSA) is 102 Å². The number of nitrogens with one attached hydrogen (secondary N) is 2. The SMILES string of the molecule is [2H]C([2H])([2H])Oc1nc(NC2CCC(OC)CC2)nc2[nH]cc(-c3ccn4ncnc4c3)c12. The van der Waals surface area contributed by atoms with Crippen LogP contribution in [0.15, 0.2) is 30.9 Å². The van der Waals surface area contributed by atoms with Crippen molar-refractivity contribution in [3.63, 3.8) is 0 Å². The first-order valence-corrected chi connectivity index (χ1v) is 9.57. The molecule has 0 saturated heterocycles. The molecule has 5 rings (SSSR count). The van der Waals surface area contributed by atoms with Gasteiger partial charge in [-0.2, -0.15) is 15.1 Å². The minimum atomic E-state index is -2.65. The molecule has 0 aromatic carbocycles. The van der Waals surface area contributed by atoms with E-state index in [0.29, 0.717) is 22.6 Å². The fraction of sp³-hybridized carbons (Fsp3) is 0.400. The van der Waals surface area contributed by atoms with Gasteiger partial charge in [0, 0.05) is 31.1 Å². The number of hydrogen-bond acceptors (Lipinski definition) is 7. The van der Waals surface area contributed by atoms with Crippen LogP contribution >= 0.6 is 0 Å². The maximum absolute atomic E-state index is 7.61. The fourth-order valence-electron chi connectivity index (χ4n) is 3.97. The second-order valence-corrected chi connectivity index (χ2v) is 7.21. The summed E-state index contributed by atoms with van der Waals surface area (Å²) in [7, 11) is -0.919. The molecule has 4 heterocycles. The van der Waals surface area contributed by atoms with E-state index in [9.17, 15) is 0 Å². The van der Waals surface area contributed by atoms with Gasteiger partial charge in [0.25, 0.3) is 0 Å². The van der Waals surface area contributed by atoms with E-state index in [2.05, 4.69) is 30.4 Å². The van der Waals surface area contributed by atoms with E-state index < -0.39 is 7.04 Å². The normalized spacial score (nSPS) is 21.6. The Morgan fingerprint density at radius 1 is 1.28 bits per heavy atom. The number of aromatic nitrogens is 6. The van der Waals surface area contributed by atoms with Gasteiger partial charge in [-0.1, -0.05) is 0 Å². The van der Waals surface area contributed by atoms with Gasteiger partial charge < -0.3 is 19.8 Å². The van der Waals surface area contributed by atoms with Gasteiger partial charge >= 0.3 is 0 Å². The van der Waals surface area contributed by atoms with Gasteiger partial charge in [-0.05, 0) is 43.4 Å². The molecule has 0 bridgehead atoms. The molecule has 9 nitrogen and oxygen atoms in total. The number of methoxy groups -OCH3 is 2. The smallest absolute Gasteiger partial charge is 0.228 e. The Labute approximate surface area is 171 Å². The lowest BCUT2D eigenvalue weighted by Gasteiger charge is -2.28. The van der Waals surface area contributed by atoms with Crippen molar-refractivity contribution in [3.8, 4) is 17.0 Å². The Balaban J connectivity index is 1.53. The second-order valence-electron chi connectivity index (χ2n) is 7.21. The lowest BCUT2D eigenvalue weighted by atomic mass is 9.93. The number of fused-ring (bicyclic) bond motifs is 2. The third kappa shape index (κ3) is 3.27. The van der Waals surface area contributed by atoms with Gasteiger partial charge in [0.05, 0.1) is 22.6 Å². The third-order valence-electron chi connectivity index (χ3n) is 5.53. The average molecular weight is 396 g/mol. The zero-order chi connectivity index (χ0) is 22.3. The van der Waals surface area contributed by atoms with Crippen molar-refractivity contribution in [2.24, 2.45) is 0 Å². The zero-order valence-electron chi connectivity index (χ0n) is 18.9. The zero-order valence-corrected chi connectivity index (χ0v) is 15.9. The molecule has 0 atom stereocenters. The van der Waals surface area contributed by atoms with E-state index >= 15 is 0 Å². The van der Waals surface area contributed by atoms with Crippen molar-refractivity contribution in [1.82, 2.24) is 29.5 Å². The molecule has 0 aliphatic heterocycles. The van der Waals surface area contributed by atoms with Gasteiger partial charge in [0.1, 0.15) is 12.0 Å². The summed E-state index contributed by atoms with van der Waals surface area (Å²) < 4.78 is 35.2. The number of H-pyrrole nitrogens is 1. The molecule has 1 aliphatic rings. The minimum Gasteiger partial charge on any atom is -0.480 e. The molecule has 0 amide bonds. The van der Waals surface area contributed by atoms with Crippen LogP contribution in [-0.2, 0) is 4.74 Å². The Bertz CT molecular complexity index is 1250. The molecular formula is C20H23N7O2. The van der Waals surface area contributed by atoms with Crippen molar-refractivity contribution >= 4 is 22.6 Å². The Kier molecular flexibility index (Phi) is 3.72. The molecule has 0 radical (unpaired) electrons. The predicted octanol–water partition coefficient (Wildman–Crippen LogP) is 3.05. The summed E-state index contributed by atoms with van der Waals surface area (Å²) in [5.41, 5.74) is 2.69. The van der Waals surface area contributed by atoms with Crippen LogP contribution in [0.25, 0.3) is 27.8 Å². The molecule has 4 aromatic rings. The molecule has 1 saturated carbocycles. The van der Waals surface area contributed by atoms with Crippen LogP contribution in [0.2, 0.25) is 0 Å². The largest absolute Gasteiger partial charge is 0.480 e. The maximum atomic E-state index is 7.61. The molecule has 9 heteroatoms. The van der Waals surface area contributed by atoms with E-state index in [1.54, 1.807) is 24.0 Å². The number of nitrogens with zero attached hydrogens (tertiary/aromatic N) is 5. The first-order chi connectivity index (χ1) is 15.4. The highest BCUT2D eigenvalue weighted by atomic mass is 16.5. The lowest BCUT2D eigenvalue weighted by Crippen LogP contribution is -2.29. The van der Waals surface area contributed by atoms with Crippen LogP contribution in [0.1, 0.15) is 29.8 Å². The Morgan fingerprint density at radius 2 is 2.17 bits per heavy atom. The summed E-state index contributed by atoms with van der Waals surface area (Å²) in [6, 6.07) is 3.91. The van der Waals surface area contributed by atoms with Crippen LogP contribution in [0.3, 0.4) is 0 Å². The first-order valence-electron chi connectivity index (χ1n) is 11.1. The van der Waals surface area contributed by atoms with E-state index in [4.69, 9.17) is 13.6 Å². The van der Waals surface area contributed by atoms with Crippen molar-refractivity contribution in [3.05, 3.63) is 30.9 Å². The number of anilines is 1. The van der Waals surface area contributed by atoms with Gasteiger partial charge in [0.15, 0.2) is 5.65 Å². The quantitative estimate of drug-likeness (QED) is 0.534. The number of aromatic amines is 1. The highest BCUT2D eigenvalue weighted by Gasteiger charge is 2.23. The number of rotatable bonds is 5. The summed E-state index contributed by atoms with van der Waals surface area (Å²) >= 11 is 0. The number of hydrogen-bond donors (Lipinski definition) is 2. The van der Waals surface area contributed by atoms with E-state index in [1.807, 2.05) is 12.1 Å². The van der Waals surface area contributed by atoms with Crippen LogP contribution in [0, 0.1) is 0 Å². The lowest BCUT2D eigenvalue weighted by molar-refractivity contribution is 0.0681. The van der Waals surface area contributed by atoms with Crippen molar-refractivity contribution in [2.75, 3.05) is 19.5 Å². The minimum absolute atomic E-state index is 0.000618. The Morgan fingerprint density at radius 3 is 3.00 bits per heavy atom. The van der Waals surface area contributed by atoms with Crippen molar-refractivity contribution in [2.45, 2.75) is 37.8 Å². The summed E-state index contributed by atoms with van der Waals surface area (Å²) in [6.45, 7) is 0. The molecule has 1 fully saturated rings. The van der Waals surface area contributed by atoms with E-state index in [1.165, 1.54) is 6.33 Å². The monoisotopic (exact) mass is 396 g/mol. The molecule has 29 heavy (non-hydrogen) atoms. The summed E-state index contributed by atoms with van der Waals surface area (Å²) in [4.78, 5) is 16.4. The molecule has 0 unspecified atom stereocenters. The summed E-state index contributed by atoms with van der Waals surface area (Å²) in [5, 5.41) is 7.93. The van der Waals surface area contributed by atoms with Crippen LogP contribution in [-0.4, -0.2) is 55.8 Å². The van der Waals surface area contributed by atoms with Crippen LogP contribution in [0.4, 0.5) is 5.95 Å². The molecule has 2 N–H and O–H groups in total. The van der Waals surface area contributed by atoms with E-state index in [0.717, 1.165) is 36.8 Å².